The highest BCUT2D eigenvalue weighted by Crippen LogP contribution is 2.21. The SMILES string of the molecule is CC(C)(C)NC(=O)CNc1ncnc(Cl)c1N. The normalized spacial score (nSPS) is 11.1. The zero-order valence-corrected chi connectivity index (χ0v) is 10.8. The van der Waals surface area contributed by atoms with Gasteiger partial charge in [0.05, 0.1) is 6.54 Å². The second kappa shape index (κ2) is 5.18. The molecule has 17 heavy (non-hydrogen) atoms. The van der Waals surface area contributed by atoms with E-state index in [4.69, 9.17) is 17.3 Å². The molecule has 0 aromatic carbocycles. The summed E-state index contributed by atoms with van der Waals surface area (Å²) in [5.74, 6) is 0.209. The van der Waals surface area contributed by atoms with E-state index in [-0.39, 0.29) is 28.8 Å². The molecule has 0 saturated heterocycles. The Balaban J connectivity index is 2.56. The van der Waals surface area contributed by atoms with Crippen LogP contribution in [0.1, 0.15) is 20.8 Å². The first kappa shape index (κ1) is 13.5. The first-order valence-corrected chi connectivity index (χ1v) is 5.48. The highest BCUT2D eigenvalue weighted by molar-refractivity contribution is 6.32. The predicted octanol–water partition coefficient (Wildman–Crippen LogP) is 1.04. The molecule has 6 nitrogen and oxygen atoms in total. The van der Waals surface area contributed by atoms with Gasteiger partial charge in [-0.05, 0) is 20.8 Å². The van der Waals surface area contributed by atoms with Gasteiger partial charge >= 0.3 is 0 Å². The highest BCUT2D eigenvalue weighted by atomic mass is 35.5. The van der Waals surface area contributed by atoms with Gasteiger partial charge in [0, 0.05) is 5.54 Å². The molecule has 1 heterocycles. The Labute approximate surface area is 105 Å². The minimum absolute atomic E-state index is 0.0782. The molecule has 0 unspecified atom stereocenters. The number of nitrogen functional groups attached to an aromatic ring is 1. The summed E-state index contributed by atoms with van der Waals surface area (Å²) in [6.07, 6.45) is 1.28. The van der Waals surface area contributed by atoms with Gasteiger partial charge in [0.15, 0.2) is 11.0 Å². The molecule has 0 saturated carbocycles. The lowest BCUT2D eigenvalue weighted by molar-refractivity contribution is -0.120. The molecular weight excluding hydrogens is 242 g/mol. The number of amides is 1. The Morgan fingerprint density at radius 1 is 1.47 bits per heavy atom. The number of halogens is 1. The molecule has 4 N–H and O–H groups in total. The van der Waals surface area contributed by atoms with Crippen molar-refractivity contribution >= 4 is 29.0 Å². The fourth-order valence-electron chi connectivity index (χ4n) is 1.14. The lowest BCUT2D eigenvalue weighted by atomic mass is 10.1. The van der Waals surface area contributed by atoms with Crippen molar-refractivity contribution in [2.24, 2.45) is 0 Å². The minimum atomic E-state index is -0.270. The van der Waals surface area contributed by atoms with Gasteiger partial charge in [-0.15, -0.1) is 0 Å². The minimum Gasteiger partial charge on any atom is -0.393 e. The van der Waals surface area contributed by atoms with E-state index in [1.807, 2.05) is 20.8 Å². The Kier molecular flexibility index (Phi) is 4.11. The number of nitrogens with two attached hydrogens (primary N) is 1. The van der Waals surface area contributed by atoms with Crippen molar-refractivity contribution in [1.82, 2.24) is 15.3 Å². The molecule has 1 amide bonds. The number of anilines is 2. The summed E-state index contributed by atoms with van der Waals surface area (Å²) in [5.41, 5.74) is 5.61. The molecule has 1 aromatic rings. The molecule has 0 radical (unpaired) electrons. The van der Waals surface area contributed by atoms with E-state index in [9.17, 15) is 4.79 Å². The van der Waals surface area contributed by atoms with E-state index >= 15 is 0 Å². The average Bonchev–Trinajstić information content (AvgIpc) is 2.18. The molecule has 1 rings (SSSR count). The van der Waals surface area contributed by atoms with E-state index in [1.54, 1.807) is 0 Å². The summed E-state index contributed by atoms with van der Waals surface area (Å²) in [5, 5.41) is 5.77. The van der Waals surface area contributed by atoms with E-state index in [0.717, 1.165) is 0 Å². The van der Waals surface area contributed by atoms with Gasteiger partial charge in [0.25, 0.3) is 0 Å². The molecule has 7 heteroatoms. The van der Waals surface area contributed by atoms with Crippen LogP contribution in [-0.2, 0) is 4.79 Å². The van der Waals surface area contributed by atoms with E-state index in [0.29, 0.717) is 5.82 Å². The molecular formula is C10H16ClN5O. The second-order valence-electron chi connectivity index (χ2n) is 4.58. The zero-order valence-electron chi connectivity index (χ0n) is 10.0. The molecule has 1 aromatic heterocycles. The van der Waals surface area contributed by atoms with Crippen LogP contribution in [0.2, 0.25) is 5.15 Å². The van der Waals surface area contributed by atoms with Gasteiger partial charge in [-0.2, -0.15) is 0 Å². The van der Waals surface area contributed by atoms with Crippen LogP contribution in [0, 0.1) is 0 Å². The number of hydrogen-bond acceptors (Lipinski definition) is 5. The van der Waals surface area contributed by atoms with E-state index in [2.05, 4.69) is 20.6 Å². The smallest absolute Gasteiger partial charge is 0.239 e. The zero-order chi connectivity index (χ0) is 13.1. The number of carbonyl (C=O) groups excluding carboxylic acids is 1. The maximum absolute atomic E-state index is 11.5. The first-order valence-electron chi connectivity index (χ1n) is 5.10. The lowest BCUT2D eigenvalue weighted by Gasteiger charge is -2.20. The van der Waals surface area contributed by atoms with E-state index in [1.165, 1.54) is 6.33 Å². The Bertz CT molecular complexity index is 416. The van der Waals surface area contributed by atoms with Gasteiger partial charge < -0.3 is 16.4 Å². The van der Waals surface area contributed by atoms with Gasteiger partial charge in [0.2, 0.25) is 5.91 Å². The lowest BCUT2D eigenvalue weighted by Crippen LogP contribution is -2.43. The summed E-state index contributed by atoms with van der Waals surface area (Å²) < 4.78 is 0. The van der Waals surface area contributed by atoms with Crippen molar-refractivity contribution in [2.45, 2.75) is 26.3 Å². The number of carbonyl (C=O) groups is 1. The molecule has 0 aliphatic carbocycles. The van der Waals surface area contributed by atoms with Gasteiger partial charge in [-0.25, -0.2) is 9.97 Å². The number of hydrogen-bond donors (Lipinski definition) is 3. The van der Waals surface area contributed by atoms with Crippen LogP contribution in [0.4, 0.5) is 11.5 Å². The van der Waals surface area contributed by atoms with Gasteiger partial charge in [-0.1, -0.05) is 11.6 Å². The predicted molar refractivity (Wildman–Crippen MR) is 67.8 cm³/mol. The van der Waals surface area contributed by atoms with Crippen molar-refractivity contribution in [3.05, 3.63) is 11.5 Å². The van der Waals surface area contributed by atoms with Crippen LogP contribution in [0.3, 0.4) is 0 Å². The number of nitrogens with zero attached hydrogens (tertiary/aromatic N) is 2. The Hall–Kier alpha value is -1.56. The topological polar surface area (TPSA) is 92.9 Å². The van der Waals surface area contributed by atoms with Crippen molar-refractivity contribution in [2.75, 3.05) is 17.6 Å². The summed E-state index contributed by atoms with van der Waals surface area (Å²) in [6, 6.07) is 0. The van der Waals surface area contributed by atoms with Crippen LogP contribution in [0.5, 0.6) is 0 Å². The third-order valence-electron chi connectivity index (χ3n) is 1.77. The van der Waals surface area contributed by atoms with Crippen molar-refractivity contribution < 1.29 is 4.79 Å². The average molecular weight is 258 g/mol. The molecule has 0 aliphatic rings. The molecule has 94 valence electrons. The maximum Gasteiger partial charge on any atom is 0.239 e. The fraction of sp³-hybridized carbons (Fsp3) is 0.500. The van der Waals surface area contributed by atoms with E-state index < -0.39 is 0 Å². The quantitative estimate of drug-likeness (QED) is 0.704. The Morgan fingerprint density at radius 3 is 2.71 bits per heavy atom. The summed E-state index contributed by atoms with van der Waals surface area (Å²) >= 11 is 5.72. The third kappa shape index (κ3) is 4.44. The maximum atomic E-state index is 11.5. The summed E-state index contributed by atoms with van der Waals surface area (Å²) in [4.78, 5) is 19.1. The van der Waals surface area contributed by atoms with Crippen LogP contribution < -0.4 is 16.4 Å². The molecule has 0 bridgehead atoms. The van der Waals surface area contributed by atoms with Gasteiger partial charge in [0.1, 0.15) is 12.0 Å². The highest BCUT2D eigenvalue weighted by Gasteiger charge is 2.14. The molecule has 0 atom stereocenters. The fourth-order valence-corrected chi connectivity index (χ4v) is 1.27. The van der Waals surface area contributed by atoms with Crippen LogP contribution in [0.25, 0.3) is 0 Å². The number of rotatable bonds is 3. The Morgan fingerprint density at radius 2 is 2.12 bits per heavy atom. The van der Waals surface area contributed by atoms with Crippen LogP contribution in [0.15, 0.2) is 6.33 Å². The molecule has 0 fully saturated rings. The van der Waals surface area contributed by atoms with Crippen molar-refractivity contribution in [3.8, 4) is 0 Å². The molecule has 0 aliphatic heterocycles. The second-order valence-corrected chi connectivity index (χ2v) is 4.94. The number of aromatic nitrogens is 2. The van der Waals surface area contributed by atoms with Crippen molar-refractivity contribution in [3.63, 3.8) is 0 Å². The van der Waals surface area contributed by atoms with Crippen molar-refractivity contribution in [1.29, 1.82) is 0 Å². The largest absolute Gasteiger partial charge is 0.393 e. The molecule has 0 spiro atoms. The first-order chi connectivity index (χ1) is 7.79. The summed E-state index contributed by atoms with van der Waals surface area (Å²) in [7, 11) is 0. The standard InChI is InChI=1S/C10H16ClN5O/c1-10(2,3)16-6(17)4-13-9-7(12)8(11)14-5-15-9/h5H,4,12H2,1-3H3,(H,16,17)(H,13,14,15). The van der Waals surface area contributed by atoms with Crippen LogP contribution in [-0.4, -0.2) is 28.0 Å². The summed E-state index contributed by atoms with van der Waals surface area (Å²) in [6.45, 7) is 5.79. The van der Waals surface area contributed by atoms with Crippen LogP contribution >= 0.6 is 11.6 Å². The number of nitrogens with one attached hydrogen (secondary N) is 2. The van der Waals surface area contributed by atoms with Gasteiger partial charge in [-0.3, -0.25) is 4.79 Å². The third-order valence-corrected chi connectivity index (χ3v) is 2.07. The monoisotopic (exact) mass is 257 g/mol.